The summed E-state index contributed by atoms with van der Waals surface area (Å²) < 4.78 is 34.8. The van der Waals surface area contributed by atoms with E-state index in [2.05, 4.69) is 10.2 Å². The minimum absolute atomic E-state index is 0.138. The molecular formula is C31H30N4O3S. The molecule has 1 atom stereocenters. The largest absolute Gasteiger partial charge is 0.489 e. The molecule has 8 heteroatoms. The molecule has 39 heavy (non-hydrogen) atoms. The fraction of sp³-hybridized carbons (Fsp3) is 0.161. The minimum Gasteiger partial charge on any atom is -0.489 e. The summed E-state index contributed by atoms with van der Waals surface area (Å²) >= 11 is 0. The van der Waals surface area contributed by atoms with Gasteiger partial charge in [0, 0.05) is 5.69 Å². The molecule has 4 aromatic carbocycles. The predicted octanol–water partition coefficient (Wildman–Crippen LogP) is 5.37. The second-order valence-electron chi connectivity index (χ2n) is 9.49. The van der Waals surface area contributed by atoms with E-state index in [-0.39, 0.29) is 10.9 Å². The topological polar surface area (TPSA) is 100 Å². The third-order valence-electron chi connectivity index (χ3n) is 6.35. The summed E-state index contributed by atoms with van der Waals surface area (Å²) in [7, 11) is -3.85. The maximum absolute atomic E-state index is 13.6. The smallest absolute Gasteiger partial charge is 0.254 e. The highest BCUT2D eigenvalue weighted by atomic mass is 32.2. The molecule has 0 saturated carbocycles. The molecule has 1 heterocycles. The molecule has 0 aliphatic heterocycles. The van der Waals surface area contributed by atoms with Crippen molar-refractivity contribution >= 4 is 9.84 Å². The average molecular weight is 539 g/mol. The molecule has 0 radical (unpaired) electrons. The van der Waals surface area contributed by atoms with Crippen LogP contribution in [0.4, 0.5) is 0 Å². The normalized spacial score (nSPS) is 12.3. The zero-order valence-corrected chi connectivity index (χ0v) is 22.5. The van der Waals surface area contributed by atoms with Crippen LogP contribution < -0.4 is 10.5 Å². The van der Waals surface area contributed by atoms with E-state index in [0.29, 0.717) is 35.9 Å². The van der Waals surface area contributed by atoms with Crippen molar-refractivity contribution in [3.05, 3.63) is 137 Å². The van der Waals surface area contributed by atoms with Gasteiger partial charge in [-0.25, -0.2) is 8.42 Å². The van der Waals surface area contributed by atoms with E-state index in [1.54, 1.807) is 22.8 Å². The summed E-state index contributed by atoms with van der Waals surface area (Å²) in [6.45, 7) is 2.36. The van der Waals surface area contributed by atoms with Gasteiger partial charge in [0.05, 0.1) is 11.8 Å². The van der Waals surface area contributed by atoms with E-state index in [1.807, 2.05) is 97.9 Å². The first kappa shape index (κ1) is 26.3. The van der Waals surface area contributed by atoms with Crippen LogP contribution in [-0.4, -0.2) is 23.2 Å². The van der Waals surface area contributed by atoms with Crippen LogP contribution in [0.3, 0.4) is 0 Å². The van der Waals surface area contributed by atoms with Gasteiger partial charge in [0.2, 0.25) is 9.84 Å². The van der Waals surface area contributed by atoms with Gasteiger partial charge in [-0.05, 0) is 54.3 Å². The number of rotatable bonds is 10. The third-order valence-corrected chi connectivity index (χ3v) is 7.88. The summed E-state index contributed by atoms with van der Waals surface area (Å²) in [6, 6.07) is 33.8. The fourth-order valence-corrected chi connectivity index (χ4v) is 5.83. The lowest BCUT2D eigenvalue weighted by molar-refractivity contribution is 0.306. The number of hydrogen-bond acceptors (Lipinski definition) is 6. The van der Waals surface area contributed by atoms with Crippen molar-refractivity contribution in [2.24, 2.45) is 5.73 Å². The maximum atomic E-state index is 13.6. The van der Waals surface area contributed by atoms with Crippen molar-refractivity contribution < 1.29 is 13.2 Å². The highest BCUT2D eigenvalue weighted by Gasteiger charge is 2.28. The highest BCUT2D eigenvalue weighted by Crippen LogP contribution is 2.26. The monoisotopic (exact) mass is 538 g/mol. The summed E-state index contributed by atoms with van der Waals surface area (Å²) in [5, 5.41) is 8.31. The first-order chi connectivity index (χ1) is 18.9. The van der Waals surface area contributed by atoms with Gasteiger partial charge in [0.25, 0.3) is 5.16 Å². The Morgan fingerprint density at radius 3 is 2.10 bits per heavy atom. The Bertz CT molecular complexity index is 1630. The zero-order valence-electron chi connectivity index (χ0n) is 21.6. The van der Waals surface area contributed by atoms with Gasteiger partial charge in [-0.1, -0.05) is 90.5 Å². The molecule has 2 N–H and O–H groups in total. The Kier molecular flexibility index (Phi) is 7.86. The Morgan fingerprint density at radius 2 is 1.44 bits per heavy atom. The number of sulfone groups is 1. The van der Waals surface area contributed by atoms with Crippen LogP contribution >= 0.6 is 0 Å². The van der Waals surface area contributed by atoms with Crippen LogP contribution in [0.15, 0.2) is 114 Å². The molecule has 5 aromatic rings. The number of nitrogens with zero attached hydrogens (tertiary/aromatic N) is 3. The van der Waals surface area contributed by atoms with E-state index in [9.17, 15) is 8.42 Å². The fourth-order valence-electron chi connectivity index (χ4n) is 4.44. The van der Waals surface area contributed by atoms with Gasteiger partial charge >= 0.3 is 0 Å². The number of benzene rings is 4. The van der Waals surface area contributed by atoms with Crippen molar-refractivity contribution in [1.82, 2.24) is 14.8 Å². The molecule has 0 aliphatic carbocycles. The molecule has 0 saturated heterocycles. The first-order valence-corrected chi connectivity index (χ1v) is 14.3. The van der Waals surface area contributed by atoms with Crippen molar-refractivity contribution in [2.75, 3.05) is 0 Å². The number of aryl methyl sites for hydroxylation is 1. The van der Waals surface area contributed by atoms with E-state index >= 15 is 0 Å². The molecule has 0 fully saturated rings. The lowest BCUT2D eigenvalue weighted by Gasteiger charge is -2.16. The lowest BCUT2D eigenvalue weighted by Crippen LogP contribution is -2.20. The molecule has 198 valence electrons. The highest BCUT2D eigenvalue weighted by molar-refractivity contribution is 7.90. The van der Waals surface area contributed by atoms with Crippen LogP contribution in [0.5, 0.6) is 5.75 Å². The van der Waals surface area contributed by atoms with Gasteiger partial charge in [-0.15, -0.1) is 10.2 Å². The summed E-state index contributed by atoms with van der Waals surface area (Å²) in [5.74, 6) is 0.841. The summed E-state index contributed by atoms with van der Waals surface area (Å²) in [5.41, 5.74) is 10.9. The molecule has 0 amide bonds. The molecule has 0 spiro atoms. The third kappa shape index (κ3) is 6.42. The molecule has 7 nitrogen and oxygen atoms in total. The van der Waals surface area contributed by atoms with Crippen LogP contribution in [0.25, 0.3) is 5.69 Å². The number of aromatic nitrogens is 3. The first-order valence-electron chi connectivity index (χ1n) is 12.7. The maximum Gasteiger partial charge on any atom is 0.254 e. The summed E-state index contributed by atoms with van der Waals surface area (Å²) in [6.07, 6.45) is 0.481. The van der Waals surface area contributed by atoms with Crippen molar-refractivity contribution in [3.8, 4) is 11.4 Å². The van der Waals surface area contributed by atoms with Crippen molar-refractivity contribution in [3.63, 3.8) is 0 Å². The Hall–Kier alpha value is -4.27. The molecule has 5 rings (SSSR count). The van der Waals surface area contributed by atoms with Crippen LogP contribution in [0.1, 0.15) is 34.1 Å². The number of ether oxygens (including phenoxy) is 1. The molecule has 0 aliphatic rings. The minimum atomic E-state index is -3.85. The van der Waals surface area contributed by atoms with Crippen molar-refractivity contribution in [1.29, 1.82) is 0 Å². The van der Waals surface area contributed by atoms with Gasteiger partial charge in [0.1, 0.15) is 12.4 Å². The van der Waals surface area contributed by atoms with Crippen LogP contribution in [0, 0.1) is 6.92 Å². The summed E-state index contributed by atoms with van der Waals surface area (Å²) in [4.78, 5) is 0. The second kappa shape index (κ2) is 11.6. The number of nitrogens with two attached hydrogens (primary N) is 1. The number of hydrogen-bond donors (Lipinski definition) is 1. The molecule has 1 aromatic heterocycles. The standard InChI is InChI=1S/C31H30N4O3S/c1-23-9-8-14-26(19-23)22-39(36,37)31-34-33-30(29(32)20-24-10-4-2-5-11-24)35(31)27-15-17-28(18-16-27)38-21-25-12-6-3-7-13-25/h2-19,29H,20-22,32H2,1H3/t29-/m0/s1. The van der Waals surface area contributed by atoms with Crippen LogP contribution in [0.2, 0.25) is 0 Å². The van der Waals surface area contributed by atoms with E-state index in [0.717, 1.165) is 16.7 Å². The van der Waals surface area contributed by atoms with E-state index in [1.165, 1.54) is 0 Å². The zero-order chi connectivity index (χ0) is 27.2. The van der Waals surface area contributed by atoms with Crippen LogP contribution in [-0.2, 0) is 28.6 Å². The van der Waals surface area contributed by atoms with Gasteiger partial charge in [-0.2, -0.15) is 0 Å². The van der Waals surface area contributed by atoms with E-state index in [4.69, 9.17) is 10.5 Å². The molecule has 0 bridgehead atoms. The average Bonchev–Trinajstić information content (AvgIpc) is 3.40. The predicted molar refractivity (Wildman–Crippen MR) is 151 cm³/mol. The van der Waals surface area contributed by atoms with Gasteiger partial charge in [0.15, 0.2) is 5.82 Å². The lowest BCUT2D eigenvalue weighted by atomic mass is 10.1. The Balaban J connectivity index is 1.48. The SMILES string of the molecule is Cc1cccc(CS(=O)(=O)c2nnc([C@@H](N)Cc3ccccc3)n2-c2ccc(OCc3ccccc3)cc2)c1. The Morgan fingerprint density at radius 1 is 0.795 bits per heavy atom. The van der Waals surface area contributed by atoms with Gasteiger partial charge in [-0.3, -0.25) is 4.57 Å². The quantitative estimate of drug-likeness (QED) is 0.257. The van der Waals surface area contributed by atoms with Crippen molar-refractivity contribution in [2.45, 2.75) is 36.9 Å². The second-order valence-corrected chi connectivity index (χ2v) is 11.4. The Labute approximate surface area is 228 Å². The molecule has 0 unspecified atom stereocenters. The molecular weight excluding hydrogens is 508 g/mol. The van der Waals surface area contributed by atoms with E-state index < -0.39 is 15.9 Å². The van der Waals surface area contributed by atoms with Gasteiger partial charge < -0.3 is 10.5 Å².